The van der Waals surface area contributed by atoms with E-state index in [-0.39, 0.29) is 39.8 Å². The molecule has 2 aromatic rings. The van der Waals surface area contributed by atoms with Crippen LogP contribution < -0.4 is 16.0 Å². The van der Waals surface area contributed by atoms with Gasteiger partial charge in [0.2, 0.25) is 0 Å². The molecule has 1 unspecified atom stereocenters. The molecule has 2 aliphatic heterocycles. The van der Waals surface area contributed by atoms with Crippen molar-refractivity contribution in [1.82, 2.24) is 5.32 Å². The van der Waals surface area contributed by atoms with Gasteiger partial charge in [0, 0.05) is 29.6 Å². The van der Waals surface area contributed by atoms with E-state index in [1.165, 1.54) is 19.1 Å². The van der Waals surface area contributed by atoms with Crippen LogP contribution in [0.4, 0.5) is 5.69 Å². The van der Waals surface area contributed by atoms with E-state index in [9.17, 15) is 19.6 Å². The van der Waals surface area contributed by atoms with Crippen LogP contribution in [0.2, 0.25) is 0 Å². The molecule has 10 nitrogen and oxygen atoms in total. The Bertz CT molecular complexity index is 1470. The van der Waals surface area contributed by atoms with E-state index in [2.05, 4.69) is 39.1 Å². The average Bonchev–Trinajstić information content (AvgIpc) is 2.94. The molecule has 0 aromatic heterocycles. The van der Waals surface area contributed by atoms with Crippen molar-refractivity contribution in [2.45, 2.75) is 63.6 Å². The van der Waals surface area contributed by atoms with Gasteiger partial charge in [-0.3, -0.25) is 4.90 Å². The molecule has 2 heterocycles. The third kappa shape index (κ3) is 6.02. The highest BCUT2D eigenvalue weighted by atomic mass is 16.5. The van der Waals surface area contributed by atoms with Crippen LogP contribution in [0.5, 0.6) is 0 Å². The number of anilines is 1. The Morgan fingerprint density at radius 1 is 0.905 bits per heavy atom. The highest BCUT2D eigenvalue weighted by Gasteiger charge is 2.43. The lowest BCUT2D eigenvalue weighted by Crippen LogP contribution is -2.59. The zero-order valence-corrected chi connectivity index (χ0v) is 24.7. The van der Waals surface area contributed by atoms with Crippen LogP contribution in [-0.2, 0) is 23.8 Å². The Morgan fingerprint density at radius 3 is 2.00 bits per heavy atom. The average molecular weight is 573 g/mol. The maximum absolute atomic E-state index is 13.2. The number of rotatable bonds is 6. The molecule has 2 aromatic carbocycles. The van der Waals surface area contributed by atoms with E-state index in [0.717, 1.165) is 0 Å². The summed E-state index contributed by atoms with van der Waals surface area (Å²) in [4.78, 5) is 40.8. The predicted molar refractivity (Wildman–Crippen MR) is 156 cm³/mol. The summed E-state index contributed by atoms with van der Waals surface area (Å²) in [6, 6.07) is 17.1. The van der Waals surface area contributed by atoms with Crippen molar-refractivity contribution in [3.05, 3.63) is 88.4 Å². The van der Waals surface area contributed by atoms with Crippen molar-refractivity contribution in [2.24, 2.45) is 5.73 Å². The zero-order chi connectivity index (χ0) is 30.8. The first kappa shape index (κ1) is 30.3. The van der Waals surface area contributed by atoms with Crippen molar-refractivity contribution in [2.75, 3.05) is 19.1 Å². The number of allylic oxidation sites excluding steroid dienone is 1. The molecule has 42 heavy (non-hydrogen) atoms. The molecule has 1 saturated heterocycles. The van der Waals surface area contributed by atoms with Gasteiger partial charge in [0.15, 0.2) is 0 Å². The van der Waals surface area contributed by atoms with E-state index in [1.54, 1.807) is 54.6 Å². The van der Waals surface area contributed by atoms with Crippen molar-refractivity contribution in [3.8, 4) is 6.07 Å². The summed E-state index contributed by atoms with van der Waals surface area (Å²) in [6.07, 6.45) is 1.06. The Balaban J connectivity index is 1.75. The minimum Gasteiger partial charge on any atom is -0.466 e. The van der Waals surface area contributed by atoms with Crippen molar-refractivity contribution >= 4 is 23.6 Å². The number of esters is 3. The summed E-state index contributed by atoms with van der Waals surface area (Å²) in [6.45, 7) is 8.31. The number of nitrogens with one attached hydrogen (secondary N) is 1. The number of piperidine rings is 1. The predicted octanol–water partition coefficient (Wildman–Crippen LogP) is 4.05. The highest BCUT2D eigenvalue weighted by Crippen LogP contribution is 2.43. The van der Waals surface area contributed by atoms with E-state index >= 15 is 0 Å². The summed E-state index contributed by atoms with van der Waals surface area (Å²) in [7, 11) is 2.37. The first-order valence-electron chi connectivity index (χ1n) is 13.6. The third-order valence-corrected chi connectivity index (χ3v) is 7.40. The minimum absolute atomic E-state index is 0.0499. The fraction of sp³-hybridized carbons (Fsp3) is 0.375. The van der Waals surface area contributed by atoms with Gasteiger partial charge in [-0.05, 0) is 57.5 Å². The number of hydrogen-bond acceptors (Lipinski definition) is 10. The van der Waals surface area contributed by atoms with Gasteiger partial charge in [-0.25, -0.2) is 14.4 Å². The Morgan fingerprint density at radius 2 is 1.48 bits per heavy atom. The van der Waals surface area contributed by atoms with Gasteiger partial charge in [0.25, 0.3) is 0 Å². The van der Waals surface area contributed by atoms with Gasteiger partial charge < -0.3 is 25.3 Å². The van der Waals surface area contributed by atoms with Crippen LogP contribution >= 0.6 is 0 Å². The third-order valence-electron chi connectivity index (χ3n) is 7.40. The van der Waals surface area contributed by atoms with Gasteiger partial charge in [-0.1, -0.05) is 30.3 Å². The molecule has 3 N–H and O–H groups in total. The van der Waals surface area contributed by atoms with Crippen LogP contribution in [-0.4, -0.2) is 49.3 Å². The quantitative estimate of drug-likeness (QED) is 0.384. The number of nitrogens with zero attached hydrogens (tertiary/aromatic N) is 2. The van der Waals surface area contributed by atoms with Gasteiger partial charge in [0.1, 0.15) is 17.6 Å². The van der Waals surface area contributed by atoms with Crippen LogP contribution in [0, 0.1) is 11.3 Å². The van der Waals surface area contributed by atoms with Crippen LogP contribution in [0.1, 0.15) is 62.4 Å². The number of carbonyl (C=O) groups is 3. The van der Waals surface area contributed by atoms with E-state index in [0.29, 0.717) is 29.7 Å². The number of methoxy groups -OCH3 is 2. The van der Waals surface area contributed by atoms with Gasteiger partial charge in [-0.2, -0.15) is 5.26 Å². The topological polar surface area (TPSA) is 144 Å². The lowest BCUT2D eigenvalue weighted by molar-refractivity contribution is -0.139. The lowest BCUT2D eigenvalue weighted by atomic mass is 9.81. The highest BCUT2D eigenvalue weighted by molar-refractivity contribution is 6.06. The number of benzene rings is 2. The molecule has 0 bridgehead atoms. The first-order valence-corrected chi connectivity index (χ1v) is 13.6. The molecule has 220 valence electrons. The number of nitriles is 1. The summed E-state index contributed by atoms with van der Waals surface area (Å²) in [5.41, 5.74) is 7.11. The second-order valence-corrected chi connectivity index (χ2v) is 11.7. The van der Waals surface area contributed by atoms with Crippen molar-refractivity contribution in [3.63, 3.8) is 0 Å². The normalized spacial score (nSPS) is 20.0. The maximum atomic E-state index is 13.2. The monoisotopic (exact) mass is 572 g/mol. The second-order valence-electron chi connectivity index (χ2n) is 11.7. The van der Waals surface area contributed by atoms with Gasteiger partial charge >= 0.3 is 17.9 Å². The van der Waals surface area contributed by atoms with E-state index in [4.69, 9.17) is 19.9 Å². The lowest BCUT2D eigenvalue weighted by Gasteiger charge is -2.45. The number of carbonyl (C=O) groups excluding carboxylic acids is 3. The standard InChI is InChI=1S/C32H36N4O6/c1-31(2)16-22(17-32(3,4)35-31)42-28(37)20-12-14-21(15-13-20)36-26(30(39)41-6)25(29(38)40-5)24(23(18-33)27(36)34)19-10-8-7-9-11-19/h7-15,22,24,35H,16-17,34H2,1-6H3. The number of hydrogen-bond donors (Lipinski definition) is 2. The molecule has 0 radical (unpaired) electrons. The van der Waals surface area contributed by atoms with Gasteiger partial charge in [-0.15, -0.1) is 0 Å². The zero-order valence-electron chi connectivity index (χ0n) is 24.7. The molecule has 1 atom stereocenters. The molecule has 1 fully saturated rings. The fourth-order valence-electron chi connectivity index (χ4n) is 6.06. The number of nitrogens with two attached hydrogens (primary N) is 1. The first-order chi connectivity index (χ1) is 19.8. The molecule has 0 amide bonds. The fourth-order valence-corrected chi connectivity index (χ4v) is 6.06. The van der Waals surface area contributed by atoms with Crippen LogP contribution in [0.15, 0.2) is 77.3 Å². The Hall–Kier alpha value is -4.62. The minimum atomic E-state index is -0.971. The summed E-state index contributed by atoms with van der Waals surface area (Å²) in [5.74, 6) is -3.18. The summed E-state index contributed by atoms with van der Waals surface area (Å²) < 4.78 is 16.0. The van der Waals surface area contributed by atoms with E-state index < -0.39 is 23.8 Å². The van der Waals surface area contributed by atoms with Gasteiger partial charge in [0.05, 0.1) is 42.9 Å². The number of ether oxygens (including phenoxy) is 3. The molecule has 0 aliphatic carbocycles. The Kier molecular flexibility index (Phi) is 8.45. The molecular formula is C32H36N4O6. The molecular weight excluding hydrogens is 536 g/mol. The molecule has 10 heteroatoms. The smallest absolute Gasteiger partial charge is 0.355 e. The summed E-state index contributed by atoms with van der Waals surface area (Å²) >= 11 is 0. The van der Waals surface area contributed by atoms with Crippen LogP contribution in [0.3, 0.4) is 0 Å². The Labute approximate surface area is 245 Å². The molecule has 4 rings (SSSR count). The summed E-state index contributed by atoms with van der Waals surface area (Å²) in [5, 5.41) is 13.8. The largest absolute Gasteiger partial charge is 0.466 e. The van der Waals surface area contributed by atoms with Crippen molar-refractivity contribution < 1.29 is 28.6 Å². The maximum Gasteiger partial charge on any atom is 0.355 e. The molecule has 0 spiro atoms. The van der Waals surface area contributed by atoms with Crippen LogP contribution in [0.25, 0.3) is 0 Å². The van der Waals surface area contributed by atoms with E-state index in [1.807, 2.05) is 0 Å². The molecule has 2 aliphatic rings. The molecule has 0 saturated carbocycles. The van der Waals surface area contributed by atoms with Crippen molar-refractivity contribution in [1.29, 1.82) is 5.26 Å². The second kappa shape index (κ2) is 11.7. The SMILES string of the molecule is COC(=O)C1=C(C(=O)OC)N(c2ccc(C(=O)OC3CC(C)(C)NC(C)(C)C3)cc2)C(N)=C(C#N)C1c1ccccc1.